The van der Waals surface area contributed by atoms with Gasteiger partial charge in [0.25, 0.3) is 0 Å². The SMILES string of the molecule is Cc1nc([C@H](C)N(C)C(=O)NCc2ccc3c(c2)nc(C)n3C)c(C)s1. The molecule has 2 heterocycles. The minimum Gasteiger partial charge on any atom is -0.334 e. The summed E-state index contributed by atoms with van der Waals surface area (Å²) >= 11 is 1.66. The lowest BCUT2D eigenvalue weighted by atomic mass is 10.2. The van der Waals surface area contributed by atoms with Crippen LogP contribution in [0.4, 0.5) is 4.79 Å². The first-order chi connectivity index (χ1) is 12.3. The largest absolute Gasteiger partial charge is 0.334 e. The highest BCUT2D eigenvalue weighted by Crippen LogP contribution is 2.26. The van der Waals surface area contributed by atoms with E-state index in [2.05, 4.69) is 19.9 Å². The van der Waals surface area contributed by atoms with Gasteiger partial charge in [-0.1, -0.05) is 6.07 Å². The number of urea groups is 1. The lowest BCUT2D eigenvalue weighted by Gasteiger charge is -2.24. The number of fused-ring (bicyclic) bond motifs is 1. The standard InChI is InChI=1S/C19H25N5OS/c1-11(18-12(2)26-14(4)22-18)23(5)19(25)20-10-15-7-8-17-16(9-15)21-13(3)24(17)6/h7-9,11H,10H2,1-6H3,(H,20,25)/t11-/m0/s1. The number of rotatable bonds is 4. The number of aromatic nitrogens is 3. The van der Waals surface area contributed by atoms with Crippen LogP contribution in [0, 0.1) is 20.8 Å². The zero-order chi connectivity index (χ0) is 19.0. The Bertz CT molecular complexity index is 958. The Kier molecular flexibility index (Phi) is 5.00. The lowest BCUT2D eigenvalue weighted by molar-refractivity contribution is 0.193. The fourth-order valence-electron chi connectivity index (χ4n) is 3.07. The molecule has 1 aromatic carbocycles. The zero-order valence-electron chi connectivity index (χ0n) is 16.1. The Morgan fingerprint density at radius 3 is 2.69 bits per heavy atom. The molecule has 1 N–H and O–H groups in total. The number of hydrogen-bond donors (Lipinski definition) is 1. The molecule has 0 saturated carbocycles. The first-order valence-electron chi connectivity index (χ1n) is 8.64. The van der Waals surface area contributed by atoms with Crippen molar-refractivity contribution in [2.24, 2.45) is 7.05 Å². The third-order valence-electron chi connectivity index (χ3n) is 4.85. The summed E-state index contributed by atoms with van der Waals surface area (Å²) in [5, 5.41) is 4.01. The van der Waals surface area contributed by atoms with Crippen LogP contribution in [0.5, 0.6) is 0 Å². The monoisotopic (exact) mass is 371 g/mol. The van der Waals surface area contributed by atoms with Gasteiger partial charge in [-0.05, 0) is 45.4 Å². The van der Waals surface area contributed by atoms with Crippen LogP contribution in [0.25, 0.3) is 11.0 Å². The average molecular weight is 372 g/mol. The number of aryl methyl sites for hydroxylation is 4. The fourth-order valence-corrected chi connectivity index (χ4v) is 3.98. The summed E-state index contributed by atoms with van der Waals surface area (Å²) in [5.74, 6) is 0.976. The Morgan fingerprint density at radius 2 is 2.04 bits per heavy atom. The van der Waals surface area contributed by atoms with E-state index in [1.165, 1.54) is 0 Å². The molecule has 3 aromatic rings. The molecule has 6 nitrogen and oxygen atoms in total. The van der Waals surface area contributed by atoms with Gasteiger partial charge in [-0.3, -0.25) is 0 Å². The van der Waals surface area contributed by atoms with Crippen molar-refractivity contribution in [2.45, 2.75) is 40.3 Å². The highest BCUT2D eigenvalue weighted by molar-refractivity contribution is 7.11. The smallest absolute Gasteiger partial charge is 0.317 e. The quantitative estimate of drug-likeness (QED) is 0.757. The minimum atomic E-state index is -0.111. The summed E-state index contributed by atoms with van der Waals surface area (Å²) in [6.45, 7) is 8.50. The van der Waals surface area contributed by atoms with Crippen LogP contribution in [0.1, 0.15) is 39.9 Å². The van der Waals surface area contributed by atoms with Crippen LogP contribution in [-0.2, 0) is 13.6 Å². The summed E-state index contributed by atoms with van der Waals surface area (Å²) in [6.07, 6.45) is 0. The topological polar surface area (TPSA) is 63.1 Å². The van der Waals surface area contributed by atoms with E-state index in [4.69, 9.17) is 0 Å². The number of nitrogens with zero attached hydrogens (tertiary/aromatic N) is 4. The lowest BCUT2D eigenvalue weighted by Crippen LogP contribution is -2.38. The van der Waals surface area contributed by atoms with E-state index in [0.717, 1.165) is 38.0 Å². The molecule has 7 heteroatoms. The van der Waals surface area contributed by atoms with Gasteiger partial charge in [0.15, 0.2) is 0 Å². The molecule has 0 saturated heterocycles. The van der Waals surface area contributed by atoms with Gasteiger partial charge in [0, 0.05) is 25.5 Å². The van der Waals surface area contributed by atoms with Gasteiger partial charge >= 0.3 is 6.03 Å². The van der Waals surface area contributed by atoms with Crippen molar-refractivity contribution in [1.82, 2.24) is 24.8 Å². The maximum absolute atomic E-state index is 12.5. The summed E-state index contributed by atoms with van der Waals surface area (Å²) < 4.78 is 2.06. The second-order valence-corrected chi connectivity index (χ2v) is 8.07. The van der Waals surface area contributed by atoms with E-state index in [-0.39, 0.29) is 12.1 Å². The molecule has 0 radical (unpaired) electrons. The molecule has 1 atom stereocenters. The van der Waals surface area contributed by atoms with Gasteiger partial charge < -0.3 is 14.8 Å². The summed E-state index contributed by atoms with van der Waals surface area (Å²) in [7, 11) is 3.81. The van der Waals surface area contributed by atoms with E-state index >= 15 is 0 Å². The molecule has 0 bridgehead atoms. The van der Waals surface area contributed by atoms with Gasteiger partial charge in [-0.15, -0.1) is 11.3 Å². The molecule has 2 amide bonds. The van der Waals surface area contributed by atoms with Gasteiger partial charge in [0.2, 0.25) is 0 Å². The van der Waals surface area contributed by atoms with Crippen LogP contribution in [-0.4, -0.2) is 32.5 Å². The van der Waals surface area contributed by atoms with Crippen molar-refractivity contribution in [1.29, 1.82) is 0 Å². The molecular formula is C19H25N5OS. The van der Waals surface area contributed by atoms with Gasteiger partial charge in [-0.25, -0.2) is 14.8 Å². The third-order valence-corrected chi connectivity index (χ3v) is 5.75. The van der Waals surface area contributed by atoms with E-state index in [1.54, 1.807) is 23.3 Å². The molecule has 26 heavy (non-hydrogen) atoms. The normalized spacial score (nSPS) is 12.4. The number of hydrogen-bond acceptors (Lipinski definition) is 4. The number of thiazole rings is 1. The molecular weight excluding hydrogens is 346 g/mol. The predicted octanol–water partition coefficient (Wildman–Crippen LogP) is 3.86. The van der Waals surface area contributed by atoms with Crippen LogP contribution in [0.3, 0.4) is 0 Å². The molecule has 0 aliphatic rings. The number of carbonyl (C=O) groups excluding carboxylic acids is 1. The second kappa shape index (κ2) is 7.07. The first kappa shape index (κ1) is 18.4. The highest BCUT2D eigenvalue weighted by Gasteiger charge is 2.21. The van der Waals surface area contributed by atoms with Crippen molar-refractivity contribution >= 4 is 28.4 Å². The Hall–Kier alpha value is -2.41. The van der Waals surface area contributed by atoms with Crippen molar-refractivity contribution in [3.63, 3.8) is 0 Å². The number of carbonyl (C=O) groups is 1. The van der Waals surface area contributed by atoms with Gasteiger partial charge in [0.05, 0.1) is 27.8 Å². The molecule has 0 spiro atoms. The Morgan fingerprint density at radius 1 is 1.31 bits per heavy atom. The number of imidazole rings is 1. The van der Waals surface area contributed by atoms with Gasteiger partial charge in [0.1, 0.15) is 5.82 Å². The molecule has 0 unspecified atom stereocenters. The number of benzene rings is 1. The van der Waals surface area contributed by atoms with Crippen LogP contribution in [0.2, 0.25) is 0 Å². The van der Waals surface area contributed by atoms with Crippen LogP contribution in [0.15, 0.2) is 18.2 Å². The number of amides is 2. The van der Waals surface area contributed by atoms with Crippen molar-refractivity contribution in [3.8, 4) is 0 Å². The van der Waals surface area contributed by atoms with E-state index in [9.17, 15) is 4.79 Å². The summed E-state index contributed by atoms with van der Waals surface area (Å²) in [4.78, 5) is 24.5. The van der Waals surface area contributed by atoms with Crippen LogP contribution < -0.4 is 5.32 Å². The fraction of sp³-hybridized carbons (Fsp3) is 0.421. The Labute approximate surface area is 157 Å². The molecule has 0 fully saturated rings. The minimum absolute atomic E-state index is 0.0686. The Balaban J connectivity index is 1.67. The summed E-state index contributed by atoms with van der Waals surface area (Å²) in [6, 6.07) is 5.92. The molecule has 0 aliphatic heterocycles. The molecule has 0 aliphatic carbocycles. The molecule has 138 valence electrons. The van der Waals surface area contributed by atoms with E-state index in [1.807, 2.05) is 52.9 Å². The molecule has 2 aromatic heterocycles. The van der Waals surface area contributed by atoms with E-state index in [0.29, 0.717) is 6.54 Å². The first-order valence-corrected chi connectivity index (χ1v) is 9.46. The highest BCUT2D eigenvalue weighted by atomic mass is 32.1. The van der Waals surface area contributed by atoms with Gasteiger partial charge in [-0.2, -0.15) is 0 Å². The maximum Gasteiger partial charge on any atom is 0.317 e. The van der Waals surface area contributed by atoms with Crippen molar-refractivity contribution in [2.75, 3.05) is 7.05 Å². The maximum atomic E-state index is 12.5. The zero-order valence-corrected chi connectivity index (χ0v) is 16.9. The van der Waals surface area contributed by atoms with Crippen molar-refractivity contribution in [3.05, 3.63) is 45.2 Å². The van der Waals surface area contributed by atoms with Crippen LogP contribution >= 0.6 is 11.3 Å². The number of nitrogens with one attached hydrogen (secondary N) is 1. The second-order valence-electron chi connectivity index (χ2n) is 6.66. The predicted molar refractivity (Wildman–Crippen MR) is 105 cm³/mol. The average Bonchev–Trinajstić information content (AvgIpc) is 3.09. The summed E-state index contributed by atoms with van der Waals surface area (Å²) in [5.41, 5.74) is 4.05. The van der Waals surface area contributed by atoms with Crippen molar-refractivity contribution < 1.29 is 4.79 Å². The molecule has 3 rings (SSSR count). The third kappa shape index (κ3) is 3.44. The van der Waals surface area contributed by atoms with E-state index < -0.39 is 0 Å².